The summed E-state index contributed by atoms with van der Waals surface area (Å²) >= 11 is 0. The second kappa shape index (κ2) is 11.5. The molecular formula is C26H26N4O5. The average molecular weight is 475 g/mol. The molecule has 0 saturated carbocycles. The molecule has 35 heavy (non-hydrogen) atoms. The second-order valence-electron chi connectivity index (χ2n) is 7.90. The summed E-state index contributed by atoms with van der Waals surface area (Å²) in [5, 5.41) is 22.4. The van der Waals surface area contributed by atoms with Gasteiger partial charge in [0.2, 0.25) is 0 Å². The van der Waals surface area contributed by atoms with Crippen molar-refractivity contribution in [2.75, 3.05) is 11.9 Å². The number of hydrogen-bond acceptors (Lipinski definition) is 6. The molecule has 0 saturated heterocycles. The van der Waals surface area contributed by atoms with E-state index in [0.29, 0.717) is 28.1 Å². The smallest absolute Gasteiger partial charge is 0.330 e. The number of nitrogen functional groups attached to an aromatic ring is 1. The van der Waals surface area contributed by atoms with Gasteiger partial charge in [0.1, 0.15) is 24.2 Å². The van der Waals surface area contributed by atoms with Crippen molar-refractivity contribution >= 4 is 29.4 Å². The maximum Gasteiger partial charge on any atom is 0.330 e. The van der Waals surface area contributed by atoms with Gasteiger partial charge in [-0.25, -0.2) is 9.59 Å². The number of aryl methyl sites for hydroxylation is 1. The predicted molar refractivity (Wildman–Crippen MR) is 132 cm³/mol. The largest absolute Gasteiger partial charge is 0.480 e. The Morgan fingerprint density at radius 1 is 0.943 bits per heavy atom. The zero-order valence-corrected chi connectivity index (χ0v) is 19.1. The van der Waals surface area contributed by atoms with Crippen LogP contribution in [0.3, 0.4) is 0 Å². The summed E-state index contributed by atoms with van der Waals surface area (Å²) in [5.74, 6) is -1.86. The lowest BCUT2D eigenvalue weighted by atomic mass is 10.0. The molecule has 0 aliphatic carbocycles. The van der Waals surface area contributed by atoms with E-state index in [4.69, 9.17) is 15.9 Å². The first-order valence-corrected chi connectivity index (χ1v) is 10.8. The van der Waals surface area contributed by atoms with Gasteiger partial charge < -0.3 is 26.2 Å². The Kier molecular flexibility index (Phi) is 8.18. The van der Waals surface area contributed by atoms with Crippen LogP contribution in [0.1, 0.15) is 27.0 Å². The van der Waals surface area contributed by atoms with Crippen LogP contribution in [-0.4, -0.2) is 41.4 Å². The summed E-state index contributed by atoms with van der Waals surface area (Å²) < 4.78 is 5.30. The molecule has 1 amide bonds. The molecule has 0 aliphatic rings. The Hall–Kier alpha value is -4.66. The summed E-state index contributed by atoms with van der Waals surface area (Å²) in [5.41, 5.74) is 8.71. The number of esters is 1. The van der Waals surface area contributed by atoms with E-state index in [0.717, 1.165) is 5.56 Å². The molecular weight excluding hydrogens is 448 g/mol. The van der Waals surface area contributed by atoms with Gasteiger partial charge in [0.15, 0.2) is 0 Å². The van der Waals surface area contributed by atoms with Crippen LogP contribution in [-0.2, 0) is 16.0 Å². The molecule has 180 valence electrons. The number of rotatable bonds is 10. The highest BCUT2D eigenvalue weighted by Gasteiger charge is 2.21. The van der Waals surface area contributed by atoms with Crippen molar-refractivity contribution in [1.82, 2.24) is 5.32 Å². The number of ether oxygens (including phenoxy) is 1. The number of amides is 1. The zero-order valence-electron chi connectivity index (χ0n) is 19.1. The molecule has 0 spiro atoms. The Balaban J connectivity index is 1.52. The minimum Gasteiger partial charge on any atom is -0.480 e. The molecule has 9 heteroatoms. The predicted octanol–water partition coefficient (Wildman–Crippen LogP) is 2.72. The zero-order chi connectivity index (χ0) is 25.4. The van der Waals surface area contributed by atoms with Crippen LogP contribution >= 0.6 is 0 Å². The van der Waals surface area contributed by atoms with E-state index in [-0.39, 0.29) is 18.8 Å². The summed E-state index contributed by atoms with van der Waals surface area (Å²) in [7, 11) is 0. The van der Waals surface area contributed by atoms with Crippen molar-refractivity contribution in [3.63, 3.8) is 0 Å². The van der Waals surface area contributed by atoms with E-state index in [2.05, 4.69) is 10.6 Å². The van der Waals surface area contributed by atoms with Gasteiger partial charge in [-0.2, -0.15) is 0 Å². The van der Waals surface area contributed by atoms with Crippen molar-refractivity contribution in [3.8, 4) is 5.75 Å². The fourth-order valence-electron chi connectivity index (χ4n) is 3.19. The van der Waals surface area contributed by atoms with E-state index in [9.17, 15) is 19.5 Å². The highest BCUT2D eigenvalue weighted by Crippen LogP contribution is 2.15. The molecule has 1 atom stereocenters. The van der Waals surface area contributed by atoms with Gasteiger partial charge in [0.25, 0.3) is 5.91 Å². The van der Waals surface area contributed by atoms with Crippen molar-refractivity contribution in [2.45, 2.75) is 19.4 Å². The van der Waals surface area contributed by atoms with Gasteiger partial charge >= 0.3 is 11.9 Å². The third kappa shape index (κ3) is 7.43. The minimum atomic E-state index is -1.15. The standard InChI is InChI=1S/C26H26N4O5/c1-16-2-6-19(7-3-16)25(32)30-22(26(33)34)14-17-4-12-21(13-5-17)35-23(31)15-29-20-10-8-18(9-11-20)24(27)28/h2-13,22,29H,14-15H2,1H3,(H3,27,28)(H,30,32)(H,33,34)/t22-/m0/s1. The van der Waals surface area contributed by atoms with Gasteiger partial charge in [-0.15, -0.1) is 0 Å². The molecule has 3 aromatic carbocycles. The van der Waals surface area contributed by atoms with Gasteiger partial charge in [0, 0.05) is 23.2 Å². The Labute approximate surface area is 202 Å². The number of carbonyl (C=O) groups excluding carboxylic acids is 2. The maximum absolute atomic E-state index is 12.4. The van der Waals surface area contributed by atoms with Crippen LogP contribution in [0.4, 0.5) is 5.69 Å². The fourth-order valence-corrected chi connectivity index (χ4v) is 3.19. The molecule has 0 unspecified atom stereocenters. The Bertz CT molecular complexity index is 1210. The van der Waals surface area contributed by atoms with Gasteiger partial charge in [-0.1, -0.05) is 29.8 Å². The lowest BCUT2D eigenvalue weighted by Gasteiger charge is -2.15. The van der Waals surface area contributed by atoms with Crippen LogP contribution in [0.5, 0.6) is 5.75 Å². The van der Waals surface area contributed by atoms with E-state index < -0.39 is 23.9 Å². The topological polar surface area (TPSA) is 155 Å². The summed E-state index contributed by atoms with van der Waals surface area (Å²) in [6.07, 6.45) is 0.0684. The SMILES string of the molecule is Cc1ccc(C(=O)N[C@@H](Cc2ccc(OC(=O)CNc3ccc(C(=N)N)cc3)cc2)C(=O)O)cc1. The third-order valence-corrected chi connectivity index (χ3v) is 5.14. The molecule has 0 heterocycles. The molecule has 6 N–H and O–H groups in total. The quantitative estimate of drug-likeness (QED) is 0.131. The number of carboxylic acids is 1. The number of nitrogens with two attached hydrogens (primary N) is 1. The number of amidine groups is 1. The van der Waals surface area contributed by atoms with Crippen molar-refractivity contribution in [2.24, 2.45) is 5.73 Å². The molecule has 0 radical (unpaired) electrons. The Morgan fingerprint density at radius 3 is 2.11 bits per heavy atom. The number of nitrogens with one attached hydrogen (secondary N) is 3. The number of hydrogen-bond donors (Lipinski definition) is 5. The summed E-state index contributed by atoms with van der Waals surface area (Å²) in [6, 6.07) is 18.9. The fraction of sp³-hybridized carbons (Fsp3) is 0.154. The van der Waals surface area contributed by atoms with E-state index in [1.54, 1.807) is 72.8 Å². The van der Waals surface area contributed by atoms with Crippen molar-refractivity contribution in [1.29, 1.82) is 5.41 Å². The average Bonchev–Trinajstić information content (AvgIpc) is 2.84. The molecule has 0 bridgehead atoms. The van der Waals surface area contributed by atoms with E-state index >= 15 is 0 Å². The van der Waals surface area contributed by atoms with Gasteiger partial charge in [-0.3, -0.25) is 10.2 Å². The van der Waals surface area contributed by atoms with E-state index in [1.807, 2.05) is 6.92 Å². The first-order chi connectivity index (χ1) is 16.7. The van der Waals surface area contributed by atoms with Crippen LogP contribution in [0.25, 0.3) is 0 Å². The molecule has 3 rings (SSSR count). The number of benzene rings is 3. The number of aliphatic carboxylic acids is 1. The normalized spacial score (nSPS) is 11.2. The number of carbonyl (C=O) groups is 3. The minimum absolute atomic E-state index is 0.0391. The molecule has 3 aromatic rings. The van der Waals surface area contributed by atoms with Crippen molar-refractivity contribution < 1.29 is 24.2 Å². The molecule has 0 aromatic heterocycles. The first kappa shape index (κ1) is 25.0. The van der Waals surface area contributed by atoms with E-state index in [1.165, 1.54) is 0 Å². The van der Waals surface area contributed by atoms with Crippen molar-refractivity contribution in [3.05, 3.63) is 95.1 Å². The summed E-state index contributed by atoms with van der Waals surface area (Å²) in [6.45, 7) is 1.82. The lowest BCUT2D eigenvalue weighted by molar-refractivity contribution is -0.139. The highest BCUT2D eigenvalue weighted by atomic mass is 16.5. The molecule has 9 nitrogen and oxygen atoms in total. The first-order valence-electron chi connectivity index (χ1n) is 10.8. The maximum atomic E-state index is 12.4. The molecule has 0 aliphatic heterocycles. The monoisotopic (exact) mass is 474 g/mol. The number of anilines is 1. The van der Waals surface area contributed by atoms with Crippen LogP contribution in [0, 0.1) is 12.3 Å². The second-order valence-corrected chi connectivity index (χ2v) is 7.90. The van der Waals surface area contributed by atoms with Gasteiger partial charge in [-0.05, 0) is 61.0 Å². The number of carboxylic acid groups (broad SMARTS) is 1. The molecule has 0 fully saturated rings. The third-order valence-electron chi connectivity index (χ3n) is 5.14. The van der Waals surface area contributed by atoms with Crippen LogP contribution in [0.2, 0.25) is 0 Å². The van der Waals surface area contributed by atoms with Crippen LogP contribution < -0.4 is 21.1 Å². The van der Waals surface area contributed by atoms with Crippen LogP contribution in [0.15, 0.2) is 72.8 Å². The lowest BCUT2D eigenvalue weighted by Crippen LogP contribution is -2.42. The Morgan fingerprint density at radius 2 is 1.54 bits per heavy atom. The summed E-state index contributed by atoms with van der Waals surface area (Å²) in [4.78, 5) is 36.2. The highest BCUT2D eigenvalue weighted by molar-refractivity contribution is 5.96. The van der Waals surface area contributed by atoms with Gasteiger partial charge in [0.05, 0.1) is 0 Å².